The van der Waals surface area contributed by atoms with Crippen molar-refractivity contribution in [3.8, 4) is 0 Å². The molecule has 1 N–H and O–H groups in total. The summed E-state index contributed by atoms with van der Waals surface area (Å²) in [6, 6.07) is 6.76. The molecule has 0 saturated carbocycles. The SMILES string of the molecule is c1ccc(CNC2CCCSC2)nc1. The topological polar surface area (TPSA) is 24.9 Å². The minimum absolute atomic E-state index is 0.691. The Morgan fingerprint density at radius 2 is 2.50 bits per heavy atom. The Bertz CT molecular complexity index is 257. The molecule has 1 saturated heterocycles. The van der Waals surface area contributed by atoms with E-state index in [0.717, 1.165) is 12.2 Å². The number of aromatic nitrogens is 1. The number of nitrogens with one attached hydrogen (secondary N) is 1. The van der Waals surface area contributed by atoms with Crippen molar-refractivity contribution >= 4 is 11.8 Å². The van der Waals surface area contributed by atoms with Crippen LogP contribution in [0.4, 0.5) is 0 Å². The van der Waals surface area contributed by atoms with Gasteiger partial charge in [0, 0.05) is 24.5 Å². The third kappa shape index (κ3) is 3.00. The van der Waals surface area contributed by atoms with Crippen LogP contribution >= 0.6 is 11.8 Å². The molecule has 2 nitrogen and oxygen atoms in total. The highest BCUT2D eigenvalue weighted by Gasteiger charge is 2.12. The highest BCUT2D eigenvalue weighted by atomic mass is 32.2. The summed E-state index contributed by atoms with van der Waals surface area (Å²) in [4.78, 5) is 4.29. The van der Waals surface area contributed by atoms with Gasteiger partial charge in [-0.3, -0.25) is 4.98 Å². The van der Waals surface area contributed by atoms with Crippen LogP contribution in [-0.2, 0) is 6.54 Å². The smallest absolute Gasteiger partial charge is 0.0541 e. The van der Waals surface area contributed by atoms with Crippen LogP contribution in [0.2, 0.25) is 0 Å². The van der Waals surface area contributed by atoms with E-state index >= 15 is 0 Å². The van der Waals surface area contributed by atoms with Crippen LogP contribution < -0.4 is 5.32 Å². The van der Waals surface area contributed by atoms with Gasteiger partial charge >= 0.3 is 0 Å². The fourth-order valence-electron chi connectivity index (χ4n) is 1.65. The zero-order valence-electron chi connectivity index (χ0n) is 8.28. The summed E-state index contributed by atoms with van der Waals surface area (Å²) in [5.41, 5.74) is 1.14. The number of rotatable bonds is 3. The van der Waals surface area contributed by atoms with Crippen molar-refractivity contribution in [2.75, 3.05) is 11.5 Å². The molecule has 1 aliphatic heterocycles. The van der Waals surface area contributed by atoms with Gasteiger partial charge in [0.05, 0.1) is 5.69 Å². The van der Waals surface area contributed by atoms with E-state index in [4.69, 9.17) is 0 Å². The van der Waals surface area contributed by atoms with Crippen molar-refractivity contribution in [1.82, 2.24) is 10.3 Å². The third-order valence-electron chi connectivity index (χ3n) is 2.46. The van der Waals surface area contributed by atoms with Crippen LogP contribution in [0.1, 0.15) is 18.5 Å². The van der Waals surface area contributed by atoms with E-state index in [1.807, 2.05) is 18.3 Å². The van der Waals surface area contributed by atoms with E-state index in [0.29, 0.717) is 6.04 Å². The summed E-state index contributed by atoms with van der Waals surface area (Å²) < 4.78 is 0. The van der Waals surface area contributed by atoms with Crippen molar-refractivity contribution in [2.45, 2.75) is 25.4 Å². The van der Waals surface area contributed by atoms with Gasteiger partial charge in [-0.25, -0.2) is 0 Å². The molecule has 0 spiro atoms. The zero-order valence-corrected chi connectivity index (χ0v) is 9.09. The van der Waals surface area contributed by atoms with Gasteiger partial charge in [0.1, 0.15) is 0 Å². The van der Waals surface area contributed by atoms with E-state index in [2.05, 4.69) is 28.1 Å². The summed E-state index contributed by atoms with van der Waals surface area (Å²) in [5, 5.41) is 3.55. The normalized spacial score (nSPS) is 22.1. The molecule has 0 aliphatic carbocycles. The fraction of sp³-hybridized carbons (Fsp3) is 0.545. The van der Waals surface area contributed by atoms with Gasteiger partial charge in [-0.05, 0) is 30.7 Å². The monoisotopic (exact) mass is 208 g/mol. The lowest BCUT2D eigenvalue weighted by atomic mass is 10.2. The lowest BCUT2D eigenvalue weighted by Crippen LogP contribution is -2.33. The number of nitrogens with zero attached hydrogens (tertiary/aromatic N) is 1. The minimum atomic E-state index is 0.691. The second-order valence-electron chi connectivity index (χ2n) is 3.62. The molecule has 1 fully saturated rings. The molecule has 2 rings (SSSR count). The number of thioether (sulfide) groups is 1. The molecule has 0 bridgehead atoms. The Morgan fingerprint density at radius 1 is 1.50 bits per heavy atom. The van der Waals surface area contributed by atoms with E-state index in [9.17, 15) is 0 Å². The lowest BCUT2D eigenvalue weighted by Gasteiger charge is -2.22. The van der Waals surface area contributed by atoms with Gasteiger partial charge in [0.15, 0.2) is 0 Å². The number of pyridine rings is 1. The van der Waals surface area contributed by atoms with Gasteiger partial charge in [-0.15, -0.1) is 0 Å². The van der Waals surface area contributed by atoms with E-state index < -0.39 is 0 Å². The molecule has 1 unspecified atom stereocenters. The van der Waals surface area contributed by atoms with E-state index in [-0.39, 0.29) is 0 Å². The Balaban J connectivity index is 1.76. The third-order valence-corrected chi connectivity index (χ3v) is 3.67. The Morgan fingerprint density at radius 3 is 3.21 bits per heavy atom. The molecular weight excluding hydrogens is 192 g/mol. The molecule has 76 valence electrons. The van der Waals surface area contributed by atoms with Crippen molar-refractivity contribution in [1.29, 1.82) is 0 Å². The van der Waals surface area contributed by atoms with Gasteiger partial charge in [0.2, 0.25) is 0 Å². The summed E-state index contributed by atoms with van der Waals surface area (Å²) in [5.74, 6) is 2.59. The fourth-order valence-corrected chi connectivity index (χ4v) is 2.76. The zero-order chi connectivity index (χ0) is 9.64. The average molecular weight is 208 g/mol. The standard InChI is InChI=1S/C11H16N2S/c1-2-6-12-10(4-1)8-13-11-5-3-7-14-9-11/h1-2,4,6,11,13H,3,5,7-9H2. The van der Waals surface area contributed by atoms with Crippen molar-refractivity contribution in [3.63, 3.8) is 0 Å². The highest BCUT2D eigenvalue weighted by molar-refractivity contribution is 7.99. The largest absolute Gasteiger partial charge is 0.308 e. The highest BCUT2D eigenvalue weighted by Crippen LogP contribution is 2.16. The van der Waals surface area contributed by atoms with E-state index in [1.165, 1.54) is 24.3 Å². The molecule has 3 heteroatoms. The van der Waals surface area contributed by atoms with Crippen LogP contribution in [0.5, 0.6) is 0 Å². The Labute approximate surface area is 89.5 Å². The second kappa shape index (κ2) is 5.37. The first-order chi connectivity index (χ1) is 6.95. The average Bonchev–Trinajstić information content (AvgIpc) is 2.29. The van der Waals surface area contributed by atoms with Crippen molar-refractivity contribution in [2.24, 2.45) is 0 Å². The van der Waals surface area contributed by atoms with Crippen LogP contribution in [0, 0.1) is 0 Å². The van der Waals surface area contributed by atoms with Gasteiger partial charge < -0.3 is 5.32 Å². The molecule has 1 aromatic rings. The molecule has 0 radical (unpaired) electrons. The van der Waals surface area contributed by atoms with Gasteiger partial charge in [-0.2, -0.15) is 11.8 Å². The Hall–Kier alpha value is -0.540. The van der Waals surface area contributed by atoms with Gasteiger partial charge in [-0.1, -0.05) is 6.07 Å². The van der Waals surface area contributed by atoms with Crippen molar-refractivity contribution < 1.29 is 0 Å². The first-order valence-electron chi connectivity index (χ1n) is 5.16. The lowest BCUT2D eigenvalue weighted by molar-refractivity contribution is 0.504. The van der Waals surface area contributed by atoms with Crippen molar-refractivity contribution in [3.05, 3.63) is 30.1 Å². The molecule has 0 amide bonds. The van der Waals surface area contributed by atoms with Crippen LogP contribution in [0.25, 0.3) is 0 Å². The maximum atomic E-state index is 4.29. The van der Waals surface area contributed by atoms with Crippen LogP contribution in [0.3, 0.4) is 0 Å². The molecule has 1 aliphatic rings. The van der Waals surface area contributed by atoms with Crippen LogP contribution in [0.15, 0.2) is 24.4 Å². The molecule has 1 aromatic heterocycles. The molecule has 14 heavy (non-hydrogen) atoms. The number of hydrogen-bond donors (Lipinski definition) is 1. The minimum Gasteiger partial charge on any atom is -0.308 e. The van der Waals surface area contributed by atoms with E-state index in [1.54, 1.807) is 0 Å². The maximum Gasteiger partial charge on any atom is 0.0541 e. The molecule has 1 atom stereocenters. The maximum absolute atomic E-state index is 4.29. The predicted molar refractivity (Wildman–Crippen MR) is 61.4 cm³/mol. The van der Waals surface area contributed by atoms with Crippen LogP contribution in [-0.4, -0.2) is 22.5 Å². The summed E-state index contributed by atoms with van der Waals surface area (Å²) in [6.07, 6.45) is 4.52. The first kappa shape index (κ1) is 9.99. The van der Waals surface area contributed by atoms with Gasteiger partial charge in [0.25, 0.3) is 0 Å². The molecular formula is C11H16N2S. The second-order valence-corrected chi connectivity index (χ2v) is 4.77. The summed E-state index contributed by atoms with van der Waals surface area (Å²) in [7, 11) is 0. The summed E-state index contributed by atoms with van der Waals surface area (Å²) in [6.45, 7) is 0.909. The molecule has 2 heterocycles. The number of hydrogen-bond acceptors (Lipinski definition) is 3. The predicted octanol–water partition coefficient (Wildman–Crippen LogP) is 2.07. The Kier molecular flexibility index (Phi) is 3.83. The quantitative estimate of drug-likeness (QED) is 0.823. The molecule has 0 aromatic carbocycles. The first-order valence-corrected chi connectivity index (χ1v) is 6.31. The summed E-state index contributed by atoms with van der Waals surface area (Å²) >= 11 is 2.06.